The van der Waals surface area contributed by atoms with Crippen LogP contribution in [0, 0.1) is 5.92 Å². The van der Waals surface area contributed by atoms with Crippen LogP contribution in [0.1, 0.15) is 53.4 Å². The lowest BCUT2D eigenvalue weighted by atomic mass is 9.95. The van der Waals surface area contributed by atoms with Crippen molar-refractivity contribution in [2.75, 3.05) is 13.1 Å². The van der Waals surface area contributed by atoms with Crippen molar-refractivity contribution in [3.8, 4) is 0 Å². The minimum Gasteiger partial charge on any atom is -0.376 e. The van der Waals surface area contributed by atoms with Crippen molar-refractivity contribution in [3.63, 3.8) is 0 Å². The number of unbranched alkanes of at least 4 members (excludes halogenated alkanes) is 1. The van der Waals surface area contributed by atoms with Crippen molar-refractivity contribution in [2.24, 2.45) is 5.92 Å². The minimum atomic E-state index is 0.704. The van der Waals surface area contributed by atoms with E-state index >= 15 is 0 Å². The fraction of sp³-hybridized carbons (Fsp3) is 0.846. The summed E-state index contributed by atoms with van der Waals surface area (Å²) in [6.07, 6.45) is 5.17. The van der Waals surface area contributed by atoms with Crippen LogP contribution in [-0.4, -0.2) is 18.0 Å². The Balaban J connectivity index is 4.13. The zero-order chi connectivity index (χ0) is 11.0. The van der Waals surface area contributed by atoms with E-state index in [1.165, 1.54) is 31.4 Å². The molecule has 0 fully saturated rings. The first-order valence-corrected chi connectivity index (χ1v) is 6.14. The third kappa shape index (κ3) is 4.17. The normalized spacial score (nSPS) is 12.6. The maximum atomic E-state index is 4.25. The number of hydrogen-bond acceptors (Lipinski definition) is 1. The van der Waals surface area contributed by atoms with Gasteiger partial charge in [-0.25, -0.2) is 0 Å². The molecule has 0 amide bonds. The Bertz CT molecular complexity index is 147. The third-order valence-corrected chi connectivity index (χ3v) is 3.04. The van der Waals surface area contributed by atoms with Gasteiger partial charge in [-0.1, -0.05) is 33.3 Å². The summed E-state index contributed by atoms with van der Waals surface area (Å²) < 4.78 is 0. The van der Waals surface area contributed by atoms with Crippen LogP contribution in [0.5, 0.6) is 0 Å². The predicted octanol–water partition coefficient (Wildman–Crippen LogP) is 4.06. The Morgan fingerprint density at radius 2 is 1.71 bits per heavy atom. The van der Waals surface area contributed by atoms with Crippen molar-refractivity contribution in [1.82, 2.24) is 4.90 Å². The first-order valence-electron chi connectivity index (χ1n) is 6.14. The number of allylic oxidation sites excluding steroid dienone is 1. The number of nitrogens with zero attached hydrogens (tertiary/aromatic N) is 1. The highest BCUT2D eigenvalue weighted by Crippen LogP contribution is 2.22. The molecule has 84 valence electrons. The van der Waals surface area contributed by atoms with E-state index in [1.54, 1.807) is 0 Å². The molecule has 0 N–H and O–H groups in total. The monoisotopic (exact) mass is 197 g/mol. The van der Waals surface area contributed by atoms with E-state index in [2.05, 4.69) is 39.2 Å². The standard InChI is InChI=1S/C13H27N/c1-6-10-11-13(7-2)12(5)14(8-3)9-4/h13H,5-11H2,1-4H3. The average Bonchev–Trinajstić information content (AvgIpc) is 2.21. The molecular weight excluding hydrogens is 170 g/mol. The summed E-state index contributed by atoms with van der Waals surface area (Å²) in [5.41, 5.74) is 1.35. The van der Waals surface area contributed by atoms with Crippen LogP contribution in [0.25, 0.3) is 0 Å². The Labute approximate surface area is 90.2 Å². The second kappa shape index (κ2) is 7.90. The molecule has 1 nitrogen and oxygen atoms in total. The third-order valence-electron chi connectivity index (χ3n) is 3.04. The molecule has 0 heterocycles. The van der Waals surface area contributed by atoms with Gasteiger partial charge in [0.2, 0.25) is 0 Å². The van der Waals surface area contributed by atoms with Gasteiger partial charge in [-0.2, -0.15) is 0 Å². The summed E-state index contributed by atoms with van der Waals surface area (Å²) in [5.74, 6) is 0.704. The molecule has 0 aliphatic carbocycles. The highest BCUT2D eigenvalue weighted by atomic mass is 15.1. The Hall–Kier alpha value is -0.460. The Morgan fingerprint density at radius 3 is 2.07 bits per heavy atom. The van der Waals surface area contributed by atoms with Crippen LogP contribution in [0.15, 0.2) is 12.3 Å². The molecule has 1 unspecified atom stereocenters. The van der Waals surface area contributed by atoms with E-state index in [4.69, 9.17) is 0 Å². The second-order valence-corrected chi connectivity index (χ2v) is 3.91. The van der Waals surface area contributed by atoms with Crippen molar-refractivity contribution >= 4 is 0 Å². The van der Waals surface area contributed by atoms with E-state index in [0.717, 1.165) is 13.1 Å². The maximum Gasteiger partial charge on any atom is 0.0146 e. The molecule has 0 saturated carbocycles. The molecule has 0 spiro atoms. The molecule has 0 saturated heterocycles. The molecule has 0 rings (SSSR count). The van der Waals surface area contributed by atoms with Gasteiger partial charge in [0.1, 0.15) is 0 Å². The van der Waals surface area contributed by atoms with E-state index in [1.807, 2.05) is 0 Å². The average molecular weight is 197 g/mol. The zero-order valence-electron chi connectivity index (χ0n) is 10.5. The van der Waals surface area contributed by atoms with Gasteiger partial charge in [-0.05, 0) is 32.6 Å². The SMILES string of the molecule is C=C(C(CC)CCCC)N(CC)CC. The largest absolute Gasteiger partial charge is 0.376 e. The van der Waals surface area contributed by atoms with Crippen molar-refractivity contribution in [1.29, 1.82) is 0 Å². The van der Waals surface area contributed by atoms with Gasteiger partial charge in [-0.3, -0.25) is 0 Å². The van der Waals surface area contributed by atoms with Crippen LogP contribution < -0.4 is 0 Å². The molecule has 1 atom stereocenters. The van der Waals surface area contributed by atoms with Gasteiger partial charge in [-0.15, -0.1) is 0 Å². The molecule has 0 aromatic rings. The zero-order valence-corrected chi connectivity index (χ0v) is 10.5. The predicted molar refractivity (Wildman–Crippen MR) is 65.4 cm³/mol. The molecule has 0 aromatic heterocycles. The van der Waals surface area contributed by atoms with Crippen LogP contribution in [0.2, 0.25) is 0 Å². The number of hydrogen-bond donors (Lipinski definition) is 0. The highest BCUT2D eigenvalue weighted by molar-refractivity contribution is 4.99. The lowest BCUT2D eigenvalue weighted by Gasteiger charge is -2.29. The molecule has 14 heavy (non-hydrogen) atoms. The van der Waals surface area contributed by atoms with Crippen molar-refractivity contribution < 1.29 is 0 Å². The summed E-state index contributed by atoms with van der Waals surface area (Å²) in [6.45, 7) is 15.4. The van der Waals surface area contributed by atoms with Gasteiger partial charge in [0.15, 0.2) is 0 Å². The van der Waals surface area contributed by atoms with Crippen LogP contribution in [-0.2, 0) is 0 Å². The summed E-state index contributed by atoms with van der Waals surface area (Å²) in [5, 5.41) is 0. The molecule has 0 aromatic carbocycles. The van der Waals surface area contributed by atoms with Gasteiger partial charge in [0.05, 0.1) is 0 Å². The molecular formula is C13H27N. The van der Waals surface area contributed by atoms with Gasteiger partial charge in [0, 0.05) is 18.8 Å². The molecule has 0 bridgehead atoms. The first-order chi connectivity index (χ1) is 6.71. The van der Waals surface area contributed by atoms with E-state index in [9.17, 15) is 0 Å². The van der Waals surface area contributed by atoms with Gasteiger partial charge >= 0.3 is 0 Å². The summed E-state index contributed by atoms with van der Waals surface area (Å²) >= 11 is 0. The quantitative estimate of drug-likeness (QED) is 0.567. The van der Waals surface area contributed by atoms with E-state index in [0.29, 0.717) is 5.92 Å². The summed E-state index contributed by atoms with van der Waals surface area (Å²) in [4.78, 5) is 2.39. The fourth-order valence-corrected chi connectivity index (χ4v) is 1.94. The Morgan fingerprint density at radius 1 is 1.14 bits per heavy atom. The van der Waals surface area contributed by atoms with Gasteiger partial charge < -0.3 is 4.90 Å². The summed E-state index contributed by atoms with van der Waals surface area (Å²) in [6, 6.07) is 0. The van der Waals surface area contributed by atoms with Crippen LogP contribution in [0.4, 0.5) is 0 Å². The maximum absolute atomic E-state index is 4.25. The lowest BCUT2D eigenvalue weighted by Crippen LogP contribution is -2.26. The molecule has 1 heteroatoms. The fourth-order valence-electron chi connectivity index (χ4n) is 1.94. The van der Waals surface area contributed by atoms with Gasteiger partial charge in [0.25, 0.3) is 0 Å². The second-order valence-electron chi connectivity index (χ2n) is 3.91. The van der Waals surface area contributed by atoms with E-state index < -0.39 is 0 Å². The molecule has 0 aliphatic heterocycles. The van der Waals surface area contributed by atoms with Crippen molar-refractivity contribution in [3.05, 3.63) is 12.3 Å². The highest BCUT2D eigenvalue weighted by Gasteiger charge is 2.13. The van der Waals surface area contributed by atoms with Crippen LogP contribution >= 0.6 is 0 Å². The molecule has 0 radical (unpaired) electrons. The van der Waals surface area contributed by atoms with Crippen molar-refractivity contribution in [2.45, 2.75) is 53.4 Å². The minimum absolute atomic E-state index is 0.704. The smallest absolute Gasteiger partial charge is 0.0146 e. The van der Waals surface area contributed by atoms with Crippen LogP contribution in [0.3, 0.4) is 0 Å². The lowest BCUT2D eigenvalue weighted by molar-refractivity contribution is 0.315. The Kier molecular flexibility index (Phi) is 7.64. The number of rotatable bonds is 8. The first kappa shape index (κ1) is 13.5. The summed E-state index contributed by atoms with van der Waals surface area (Å²) in [7, 11) is 0. The molecule has 0 aliphatic rings. The topological polar surface area (TPSA) is 3.24 Å². The van der Waals surface area contributed by atoms with E-state index in [-0.39, 0.29) is 0 Å².